The molecule has 0 heterocycles. The molecule has 0 N–H and O–H groups in total. The van der Waals surface area contributed by atoms with Crippen LogP contribution in [0.25, 0.3) is 0 Å². The van der Waals surface area contributed by atoms with Crippen LogP contribution in [0, 0.1) is 33.5 Å². The zero-order valence-corrected chi connectivity index (χ0v) is 30.5. The molecule has 0 aliphatic rings. The molecule has 8 nitrogen and oxygen atoms in total. The summed E-state index contributed by atoms with van der Waals surface area (Å²) in [5, 5.41) is 0. The van der Waals surface area contributed by atoms with Crippen LogP contribution in [0.4, 0.5) is 0 Å². The van der Waals surface area contributed by atoms with Gasteiger partial charge in [0.25, 0.3) is 0 Å². The van der Waals surface area contributed by atoms with Crippen molar-refractivity contribution < 1.29 is 38.1 Å². The molecule has 254 valence electrons. The monoisotopic (exact) mass is 638 g/mol. The molecule has 1 unspecified atom stereocenters. The minimum absolute atomic E-state index is 0.0447. The van der Waals surface area contributed by atoms with Crippen molar-refractivity contribution in [2.24, 2.45) is 33.5 Å². The van der Waals surface area contributed by atoms with Crippen molar-refractivity contribution in [1.29, 1.82) is 0 Å². The van der Waals surface area contributed by atoms with Crippen molar-refractivity contribution >= 4 is 23.9 Å². The third kappa shape index (κ3) is 10.2. The summed E-state index contributed by atoms with van der Waals surface area (Å²) in [5.41, 5.74) is -1.59. The smallest absolute Gasteiger partial charge is 0.316 e. The summed E-state index contributed by atoms with van der Waals surface area (Å²) >= 11 is 0. The number of benzene rings is 2. The molecule has 0 aliphatic carbocycles. The standard InChI is InChI=1S/C38H54O8/c1-22(2)23(3)30(24-16-18-26(43-31(39)35(4,5)6)28(20-24)45-33(41)37(10,11)12)25-17-19-27(44-32(40)36(7,8)9)29(21-25)46-34(42)38(13,14)15/h16-23,30H,1-15H3. The molecule has 8 heteroatoms. The predicted molar refractivity (Wildman–Crippen MR) is 179 cm³/mol. The molecule has 0 spiro atoms. The Morgan fingerprint density at radius 3 is 0.957 bits per heavy atom. The predicted octanol–water partition coefficient (Wildman–Crippen LogP) is 8.92. The number of carbonyl (C=O) groups excluding carboxylic acids is 4. The van der Waals surface area contributed by atoms with E-state index >= 15 is 0 Å². The van der Waals surface area contributed by atoms with Gasteiger partial charge in [-0.25, -0.2) is 0 Å². The largest absolute Gasteiger partial charge is 0.422 e. The summed E-state index contributed by atoms with van der Waals surface area (Å²) in [6, 6.07) is 10.4. The summed E-state index contributed by atoms with van der Waals surface area (Å²) in [4.78, 5) is 51.7. The van der Waals surface area contributed by atoms with Crippen LogP contribution in [0.5, 0.6) is 23.0 Å². The first-order valence-corrected chi connectivity index (χ1v) is 15.9. The fraction of sp³-hybridized carbons (Fsp3) is 0.579. The van der Waals surface area contributed by atoms with E-state index in [0.717, 1.165) is 11.1 Å². The average Bonchev–Trinajstić information content (AvgIpc) is 2.89. The summed E-state index contributed by atoms with van der Waals surface area (Å²) in [7, 11) is 0. The Hall–Kier alpha value is -3.68. The number of hydrogen-bond acceptors (Lipinski definition) is 8. The topological polar surface area (TPSA) is 105 Å². The highest BCUT2D eigenvalue weighted by molar-refractivity contribution is 5.82. The molecule has 0 bridgehead atoms. The normalized spacial score (nSPS) is 13.3. The fourth-order valence-corrected chi connectivity index (χ4v) is 3.96. The van der Waals surface area contributed by atoms with E-state index in [1.807, 2.05) is 12.1 Å². The van der Waals surface area contributed by atoms with Gasteiger partial charge in [-0.1, -0.05) is 32.9 Å². The molecule has 0 aliphatic heterocycles. The highest BCUT2D eigenvalue weighted by Gasteiger charge is 2.33. The van der Waals surface area contributed by atoms with Gasteiger partial charge in [0, 0.05) is 5.92 Å². The molecule has 0 amide bonds. The van der Waals surface area contributed by atoms with E-state index in [1.165, 1.54) is 0 Å². The zero-order valence-electron chi connectivity index (χ0n) is 30.5. The van der Waals surface area contributed by atoms with Gasteiger partial charge in [0.2, 0.25) is 0 Å². The highest BCUT2D eigenvalue weighted by Crippen LogP contribution is 2.43. The molecule has 2 aromatic rings. The highest BCUT2D eigenvalue weighted by atomic mass is 16.6. The Kier molecular flexibility index (Phi) is 11.7. The number of hydrogen-bond donors (Lipinski definition) is 0. The zero-order chi connectivity index (χ0) is 35.6. The number of carbonyl (C=O) groups is 4. The minimum atomic E-state index is -0.807. The van der Waals surface area contributed by atoms with Crippen LogP contribution < -0.4 is 18.9 Å². The van der Waals surface area contributed by atoms with Crippen molar-refractivity contribution in [2.75, 3.05) is 0 Å². The van der Waals surface area contributed by atoms with Gasteiger partial charge < -0.3 is 18.9 Å². The Balaban J connectivity index is 2.80. The van der Waals surface area contributed by atoms with E-state index in [-0.39, 0.29) is 40.8 Å². The van der Waals surface area contributed by atoms with Gasteiger partial charge in [0.05, 0.1) is 21.7 Å². The molecule has 46 heavy (non-hydrogen) atoms. The van der Waals surface area contributed by atoms with E-state index in [0.29, 0.717) is 0 Å². The summed E-state index contributed by atoms with van der Waals surface area (Å²) < 4.78 is 23.2. The van der Waals surface area contributed by atoms with E-state index in [1.54, 1.807) is 107 Å². The number of ether oxygens (including phenoxy) is 4. The Morgan fingerprint density at radius 2 is 0.717 bits per heavy atom. The van der Waals surface area contributed by atoms with Crippen molar-refractivity contribution in [2.45, 2.75) is 110 Å². The first-order chi connectivity index (χ1) is 20.7. The molecule has 0 aromatic heterocycles. The quantitative estimate of drug-likeness (QED) is 0.208. The Bertz CT molecular complexity index is 1340. The first-order valence-electron chi connectivity index (χ1n) is 15.9. The molecular formula is C38H54O8. The molecular weight excluding hydrogens is 584 g/mol. The van der Waals surface area contributed by atoms with Gasteiger partial charge >= 0.3 is 23.9 Å². The lowest BCUT2D eigenvalue weighted by Crippen LogP contribution is -2.28. The van der Waals surface area contributed by atoms with E-state index in [4.69, 9.17) is 18.9 Å². The SMILES string of the molecule is CC(C)C(C)C(c1ccc(OC(=O)C(C)(C)C)c(OC(=O)C(C)(C)C)c1)c1ccc(OC(=O)C(C)(C)C)c(OC(=O)C(C)(C)C)c1. The number of esters is 4. The van der Waals surface area contributed by atoms with Crippen molar-refractivity contribution in [1.82, 2.24) is 0 Å². The van der Waals surface area contributed by atoms with Crippen LogP contribution in [0.2, 0.25) is 0 Å². The second-order valence-corrected chi connectivity index (χ2v) is 16.6. The van der Waals surface area contributed by atoms with Crippen LogP contribution >= 0.6 is 0 Å². The lowest BCUT2D eigenvalue weighted by molar-refractivity contribution is -0.145. The minimum Gasteiger partial charge on any atom is -0.422 e. The van der Waals surface area contributed by atoms with Crippen molar-refractivity contribution in [3.8, 4) is 23.0 Å². The van der Waals surface area contributed by atoms with Crippen molar-refractivity contribution in [3.05, 3.63) is 47.5 Å². The summed E-state index contributed by atoms with van der Waals surface area (Å²) in [6.07, 6.45) is 0. The molecule has 1 atom stereocenters. The van der Waals surface area contributed by atoms with Gasteiger partial charge in [-0.15, -0.1) is 0 Å². The van der Waals surface area contributed by atoms with Gasteiger partial charge in [0.15, 0.2) is 23.0 Å². The summed E-state index contributed by atoms with van der Waals surface area (Å²) in [5.74, 6) is -1.37. The van der Waals surface area contributed by atoms with E-state index in [9.17, 15) is 19.2 Å². The van der Waals surface area contributed by atoms with Crippen LogP contribution in [0.1, 0.15) is 121 Å². The molecule has 0 saturated heterocycles. The molecule has 0 fully saturated rings. The van der Waals surface area contributed by atoms with Gasteiger partial charge in [0.1, 0.15) is 0 Å². The van der Waals surface area contributed by atoms with Crippen LogP contribution in [0.3, 0.4) is 0 Å². The maximum Gasteiger partial charge on any atom is 0.316 e. The van der Waals surface area contributed by atoms with Crippen molar-refractivity contribution in [3.63, 3.8) is 0 Å². The second-order valence-electron chi connectivity index (χ2n) is 16.6. The van der Waals surface area contributed by atoms with Gasteiger partial charge in [-0.05, 0) is 130 Å². The first kappa shape index (κ1) is 38.5. The summed E-state index contributed by atoms with van der Waals surface area (Å²) in [6.45, 7) is 27.3. The molecule has 0 saturated carbocycles. The Labute approximate surface area is 275 Å². The Morgan fingerprint density at radius 1 is 0.457 bits per heavy atom. The average molecular weight is 639 g/mol. The van der Waals surface area contributed by atoms with Crippen LogP contribution in [-0.4, -0.2) is 23.9 Å². The molecule has 2 aromatic carbocycles. The fourth-order valence-electron chi connectivity index (χ4n) is 3.96. The van der Waals surface area contributed by atoms with Crippen LogP contribution in [-0.2, 0) is 19.2 Å². The van der Waals surface area contributed by atoms with E-state index in [2.05, 4.69) is 20.8 Å². The maximum absolute atomic E-state index is 13.0. The second kappa shape index (κ2) is 14.0. The van der Waals surface area contributed by atoms with Crippen LogP contribution in [0.15, 0.2) is 36.4 Å². The lowest BCUT2D eigenvalue weighted by Gasteiger charge is -2.30. The lowest BCUT2D eigenvalue weighted by atomic mass is 9.76. The van der Waals surface area contributed by atoms with E-state index < -0.39 is 45.5 Å². The third-order valence-electron chi connectivity index (χ3n) is 7.49. The molecule has 2 rings (SSSR count). The molecule has 0 radical (unpaired) electrons. The van der Waals surface area contributed by atoms with Gasteiger partial charge in [-0.3, -0.25) is 19.2 Å². The van der Waals surface area contributed by atoms with Gasteiger partial charge in [-0.2, -0.15) is 0 Å². The number of rotatable bonds is 8. The third-order valence-corrected chi connectivity index (χ3v) is 7.49. The maximum atomic E-state index is 13.0.